The summed E-state index contributed by atoms with van der Waals surface area (Å²) in [5, 5.41) is 2.52. The van der Waals surface area contributed by atoms with Crippen LogP contribution in [0.15, 0.2) is 23.1 Å². The first-order valence-corrected chi connectivity index (χ1v) is 9.94. The van der Waals surface area contributed by atoms with Gasteiger partial charge in [-0.05, 0) is 18.6 Å². The van der Waals surface area contributed by atoms with Gasteiger partial charge in [0.2, 0.25) is 11.9 Å². The molecule has 4 rings (SSSR count). The van der Waals surface area contributed by atoms with Gasteiger partial charge in [-0.2, -0.15) is 4.98 Å². The summed E-state index contributed by atoms with van der Waals surface area (Å²) >= 11 is 0. The third kappa shape index (κ3) is 3.81. The maximum atomic E-state index is 14.0. The molecule has 170 valence electrons. The van der Waals surface area contributed by atoms with Crippen LogP contribution in [0.4, 0.5) is 24.8 Å². The van der Waals surface area contributed by atoms with Crippen molar-refractivity contribution >= 4 is 28.7 Å². The Hall–Kier alpha value is -3.41. The van der Waals surface area contributed by atoms with Crippen molar-refractivity contribution in [3.8, 4) is 0 Å². The molecule has 3 heterocycles. The summed E-state index contributed by atoms with van der Waals surface area (Å²) in [6.07, 6.45) is 2.11. The number of nitrogens with one attached hydrogen (secondary N) is 1. The van der Waals surface area contributed by atoms with Gasteiger partial charge in [-0.1, -0.05) is 0 Å². The Morgan fingerprint density at radius 2 is 2.00 bits per heavy atom. The standard InChI is InChI=1S/C20H22F3N7O2/c1-27(2)15(31)10-29-7-6-11(9-29)30-14-8-24-19(26-18(14)28(3)20(30)32)25-13-5-4-12(21)16(22)17(13)23/h4-5,8,11H,6-7,9-10H2,1-3H3,(H,24,25,26). The number of anilines is 2. The fraction of sp³-hybridized carbons (Fsp3) is 0.400. The van der Waals surface area contributed by atoms with Gasteiger partial charge in [-0.3, -0.25) is 18.8 Å². The zero-order valence-electron chi connectivity index (χ0n) is 17.8. The lowest BCUT2D eigenvalue weighted by Crippen LogP contribution is -2.36. The first-order valence-electron chi connectivity index (χ1n) is 9.94. The number of nitrogens with zero attached hydrogens (tertiary/aromatic N) is 6. The van der Waals surface area contributed by atoms with Crippen LogP contribution in [0, 0.1) is 17.5 Å². The van der Waals surface area contributed by atoms with Crippen LogP contribution in [0.2, 0.25) is 0 Å². The van der Waals surface area contributed by atoms with Gasteiger partial charge < -0.3 is 10.2 Å². The average Bonchev–Trinajstić information content (AvgIpc) is 3.31. The van der Waals surface area contributed by atoms with E-state index in [1.54, 1.807) is 25.7 Å². The molecule has 1 fully saturated rings. The molecule has 12 heteroatoms. The number of fused-ring (bicyclic) bond motifs is 1. The van der Waals surface area contributed by atoms with Crippen LogP contribution in [0.1, 0.15) is 12.5 Å². The van der Waals surface area contributed by atoms with Crippen LogP contribution in [0.3, 0.4) is 0 Å². The van der Waals surface area contributed by atoms with Crippen molar-refractivity contribution in [2.24, 2.45) is 7.05 Å². The highest BCUT2D eigenvalue weighted by Crippen LogP contribution is 2.26. The molecule has 9 nitrogen and oxygen atoms in total. The summed E-state index contributed by atoms with van der Waals surface area (Å²) in [5.74, 6) is -4.38. The molecule has 1 amide bonds. The summed E-state index contributed by atoms with van der Waals surface area (Å²) in [6, 6.07) is 1.67. The lowest BCUT2D eigenvalue weighted by molar-refractivity contribution is -0.129. The van der Waals surface area contributed by atoms with Crippen LogP contribution in [0.25, 0.3) is 11.2 Å². The number of imidazole rings is 1. The second-order valence-corrected chi connectivity index (χ2v) is 7.93. The summed E-state index contributed by atoms with van der Waals surface area (Å²) in [7, 11) is 4.94. The first kappa shape index (κ1) is 21.8. The number of likely N-dealkylation sites (N-methyl/N-ethyl adjacent to an activating group) is 1. The Kier molecular flexibility index (Phi) is 5.63. The zero-order chi connectivity index (χ0) is 23.2. The highest BCUT2D eigenvalue weighted by Gasteiger charge is 2.29. The minimum absolute atomic E-state index is 0.0144. The van der Waals surface area contributed by atoms with Crippen molar-refractivity contribution in [3.05, 3.63) is 46.3 Å². The van der Waals surface area contributed by atoms with Gasteiger partial charge in [0.1, 0.15) is 5.52 Å². The molecule has 0 spiro atoms. The number of carbonyl (C=O) groups is 1. The molecular formula is C20H22F3N7O2. The minimum atomic E-state index is -1.60. The number of carbonyl (C=O) groups excluding carboxylic acids is 1. The summed E-state index contributed by atoms with van der Waals surface area (Å²) in [5.41, 5.74) is 0.166. The van der Waals surface area contributed by atoms with Crippen LogP contribution in [0.5, 0.6) is 0 Å². The topological polar surface area (TPSA) is 88.3 Å². The number of likely N-dealkylation sites (tertiary alicyclic amines) is 1. The summed E-state index contributed by atoms with van der Waals surface area (Å²) < 4.78 is 43.5. The maximum absolute atomic E-state index is 14.0. The SMILES string of the molecule is CN(C)C(=O)CN1CCC(n2c(=O)n(C)c3nc(Nc4ccc(F)c(F)c4F)ncc32)C1. The Morgan fingerprint density at radius 3 is 2.72 bits per heavy atom. The monoisotopic (exact) mass is 449 g/mol. The molecule has 1 aliphatic heterocycles. The van der Waals surface area contributed by atoms with Crippen LogP contribution in [-0.4, -0.2) is 68.5 Å². The van der Waals surface area contributed by atoms with E-state index in [0.717, 1.165) is 12.1 Å². The molecule has 32 heavy (non-hydrogen) atoms. The van der Waals surface area contributed by atoms with Gasteiger partial charge in [0, 0.05) is 34.2 Å². The molecule has 1 aromatic carbocycles. The summed E-state index contributed by atoms with van der Waals surface area (Å²) in [4.78, 5) is 36.8. The predicted molar refractivity (Wildman–Crippen MR) is 111 cm³/mol. The Bertz CT molecular complexity index is 1250. The molecule has 0 radical (unpaired) electrons. The van der Waals surface area contributed by atoms with E-state index in [-0.39, 0.29) is 35.8 Å². The summed E-state index contributed by atoms with van der Waals surface area (Å²) in [6.45, 7) is 1.47. The zero-order valence-corrected chi connectivity index (χ0v) is 17.8. The Morgan fingerprint density at radius 1 is 1.25 bits per heavy atom. The van der Waals surface area contributed by atoms with Gasteiger partial charge >= 0.3 is 5.69 Å². The quantitative estimate of drug-likeness (QED) is 0.596. The normalized spacial score (nSPS) is 16.6. The van der Waals surface area contributed by atoms with Gasteiger partial charge in [0.05, 0.1) is 24.5 Å². The van der Waals surface area contributed by atoms with Gasteiger partial charge in [-0.15, -0.1) is 0 Å². The molecule has 1 unspecified atom stereocenters. The van der Waals surface area contributed by atoms with Crippen molar-refractivity contribution in [1.82, 2.24) is 28.9 Å². The van der Waals surface area contributed by atoms with E-state index in [0.29, 0.717) is 30.7 Å². The van der Waals surface area contributed by atoms with Crippen molar-refractivity contribution < 1.29 is 18.0 Å². The number of amides is 1. The fourth-order valence-electron chi connectivity index (χ4n) is 3.79. The Labute approximate surface area is 181 Å². The minimum Gasteiger partial charge on any atom is -0.348 e. The lowest BCUT2D eigenvalue weighted by Gasteiger charge is -2.18. The third-order valence-corrected chi connectivity index (χ3v) is 5.57. The fourth-order valence-corrected chi connectivity index (χ4v) is 3.79. The number of halogens is 3. The molecular weight excluding hydrogens is 427 g/mol. The van der Waals surface area contributed by atoms with Crippen molar-refractivity contribution in [1.29, 1.82) is 0 Å². The maximum Gasteiger partial charge on any atom is 0.330 e. The van der Waals surface area contributed by atoms with E-state index >= 15 is 0 Å². The van der Waals surface area contributed by atoms with Crippen LogP contribution in [-0.2, 0) is 11.8 Å². The molecule has 1 N–H and O–H groups in total. The van der Waals surface area contributed by atoms with E-state index in [4.69, 9.17) is 0 Å². The Balaban J connectivity index is 1.62. The van der Waals surface area contributed by atoms with Gasteiger partial charge in [-0.25, -0.2) is 22.9 Å². The van der Waals surface area contributed by atoms with Crippen LogP contribution >= 0.6 is 0 Å². The van der Waals surface area contributed by atoms with Crippen LogP contribution < -0.4 is 11.0 Å². The molecule has 2 aromatic heterocycles. The van der Waals surface area contributed by atoms with Crippen molar-refractivity contribution in [3.63, 3.8) is 0 Å². The van der Waals surface area contributed by atoms with Crippen molar-refractivity contribution in [2.75, 3.05) is 39.0 Å². The molecule has 0 bridgehead atoms. The van der Waals surface area contributed by atoms with Gasteiger partial charge in [0.15, 0.2) is 23.1 Å². The molecule has 0 aliphatic carbocycles. The molecule has 1 aliphatic rings. The van der Waals surface area contributed by atoms with E-state index in [2.05, 4.69) is 15.3 Å². The number of hydrogen-bond donors (Lipinski definition) is 1. The second-order valence-electron chi connectivity index (χ2n) is 7.93. The smallest absolute Gasteiger partial charge is 0.330 e. The van der Waals surface area contributed by atoms with Gasteiger partial charge in [0.25, 0.3) is 0 Å². The molecule has 1 atom stereocenters. The largest absolute Gasteiger partial charge is 0.348 e. The third-order valence-electron chi connectivity index (χ3n) is 5.57. The highest BCUT2D eigenvalue weighted by atomic mass is 19.2. The molecule has 0 saturated carbocycles. The second kappa shape index (κ2) is 8.26. The highest BCUT2D eigenvalue weighted by molar-refractivity contribution is 5.77. The number of aryl methyl sites for hydroxylation is 1. The molecule has 3 aromatic rings. The molecule has 1 saturated heterocycles. The van der Waals surface area contributed by atoms with E-state index in [9.17, 15) is 22.8 Å². The van der Waals surface area contributed by atoms with E-state index in [1.807, 2.05) is 4.90 Å². The van der Waals surface area contributed by atoms with Crippen molar-refractivity contribution in [2.45, 2.75) is 12.5 Å². The lowest BCUT2D eigenvalue weighted by atomic mass is 10.2. The number of benzene rings is 1. The number of aromatic nitrogens is 4. The van der Waals surface area contributed by atoms with E-state index in [1.165, 1.54) is 15.7 Å². The average molecular weight is 449 g/mol. The number of hydrogen-bond acceptors (Lipinski definition) is 6. The predicted octanol–water partition coefficient (Wildman–Crippen LogP) is 1.63. The number of rotatable bonds is 5. The first-order chi connectivity index (χ1) is 15.2. The van der Waals surface area contributed by atoms with E-state index < -0.39 is 17.5 Å².